The average molecular weight is 479 g/mol. The molecule has 0 N–H and O–H groups in total. The monoisotopic (exact) mass is 479 g/mol. The molecule has 2 aromatic heterocycles. The van der Waals surface area contributed by atoms with Crippen molar-refractivity contribution in [2.24, 2.45) is 0 Å². The lowest BCUT2D eigenvalue weighted by Gasteiger charge is -2.23. The lowest BCUT2D eigenvalue weighted by Crippen LogP contribution is -2.29. The van der Waals surface area contributed by atoms with E-state index in [-0.39, 0.29) is 28.9 Å². The van der Waals surface area contributed by atoms with Crippen molar-refractivity contribution in [1.29, 1.82) is 0 Å². The number of carbonyl (C=O) groups excluding carboxylic acids is 1. The highest BCUT2D eigenvalue weighted by Gasteiger charge is 2.45. The molecule has 0 aliphatic carbocycles. The minimum atomic E-state index is -0.882. The van der Waals surface area contributed by atoms with Gasteiger partial charge in [-0.1, -0.05) is 30.1 Å². The summed E-state index contributed by atoms with van der Waals surface area (Å²) in [5, 5.41) is 8.22. The molecule has 3 heterocycles. The van der Waals surface area contributed by atoms with Crippen molar-refractivity contribution < 1.29 is 23.1 Å². The van der Waals surface area contributed by atoms with Gasteiger partial charge in [0.25, 0.3) is 5.91 Å². The molecule has 0 spiro atoms. The van der Waals surface area contributed by atoms with Crippen molar-refractivity contribution in [3.63, 3.8) is 0 Å². The number of rotatable bonds is 7. The molecule has 0 saturated carbocycles. The van der Waals surface area contributed by atoms with Crippen LogP contribution in [-0.2, 0) is 0 Å². The molecule has 1 unspecified atom stereocenters. The molecular weight excluding hydrogens is 461 g/mol. The number of hydrogen-bond donors (Lipinski definition) is 0. The summed E-state index contributed by atoms with van der Waals surface area (Å²) in [6.45, 7) is 6.14. The quantitative estimate of drug-likeness (QED) is 0.360. The Balaban J connectivity index is 1.75. The molecule has 0 radical (unpaired) electrons. The van der Waals surface area contributed by atoms with Gasteiger partial charge in [-0.15, -0.1) is 10.2 Å². The van der Waals surface area contributed by atoms with Gasteiger partial charge < -0.3 is 13.9 Å². The molecule has 1 aliphatic heterocycles. The van der Waals surface area contributed by atoms with Crippen LogP contribution < -0.4 is 19.8 Å². The number of hydrogen-bond acceptors (Lipinski definition) is 8. The van der Waals surface area contributed by atoms with Gasteiger partial charge in [0, 0.05) is 0 Å². The molecule has 5 rings (SSSR count). The average Bonchev–Trinajstić information content (AvgIpc) is 3.46. The SMILES string of the molecule is C=CCOc1ccc(C2c3c(oc4ccc(F)cc4c3=O)C(=O)N2c2nncs2)cc1OCC. The summed E-state index contributed by atoms with van der Waals surface area (Å²) in [5.74, 6) is -0.301. The van der Waals surface area contributed by atoms with Crippen LogP contribution in [0.4, 0.5) is 9.52 Å². The molecule has 1 atom stereocenters. The first-order valence-electron chi connectivity index (χ1n) is 10.4. The Morgan fingerprint density at radius 3 is 2.79 bits per heavy atom. The van der Waals surface area contributed by atoms with Gasteiger partial charge in [-0.05, 0) is 42.8 Å². The maximum atomic E-state index is 13.9. The van der Waals surface area contributed by atoms with Gasteiger partial charge in [0.15, 0.2) is 16.9 Å². The molecule has 0 bridgehead atoms. The fourth-order valence-corrected chi connectivity index (χ4v) is 4.55. The number of amides is 1. The van der Waals surface area contributed by atoms with Gasteiger partial charge in [0.2, 0.25) is 10.9 Å². The summed E-state index contributed by atoms with van der Waals surface area (Å²) >= 11 is 1.15. The Labute approximate surface area is 196 Å². The summed E-state index contributed by atoms with van der Waals surface area (Å²) in [7, 11) is 0. The van der Waals surface area contributed by atoms with E-state index in [0.717, 1.165) is 17.4 Å². The van der Waals surface area contributed by atoms with Crippen LogP contribution in [0.25, 0.3) is 11.0 Å². The predicted octanol–water partition coefficient (Wildman–Crippen LogP) is 4.50. The number of ether oxygens (including phenoxy) is 2. The van der Waals surface area contributed by atoms with E-state index >= 15 is 0 Å². The molecule has 10 heteroatoms. The van der Waals surface area contributed by atoms with Crippen LogP contribution in [0.3, 0.4) is 0 Å². The third-order valence-corrected chi connectivity index (χ3v) is 6.02. The lowest BCUT2D eigenvalue weighted by atomic mass is 9.98. The molecule has 8 nitrogen and oxygen atoms in total. The van der Waals surface area contributed by atoms with E-state index in [1.165, 1.54) is 22.5 Å². The number of aromatic nitrogens is 2. The Morgan fingerprint density at radius 1 is 1.21 bits per heavy atom. The zero-order chi connectivity index (χ0) is 23.8. The molecule has 2 aromatic carbocycles. The van der Waals surface area contributed by atoms with Gasteiger partial charge in [0.05, 0.1) is 23.6 Å². The van der Waals surface area contributed by atoms with Crippen LogP contribution in [0, 0.1) is 5.82 Å². The Hall–Kier alpha value is -4.05. The normalized spacial score (nSPS) is 14.9. The summed E-state index contributed by atoms with van der Waals surface area (Å²) in [6.07, 6.45) is 1.61. The molecule has 0 fully saturated rings. The fraction of sp³-hybridized carbons (Fsp3) is 0.167. The second-order valence-electron chi connectivity index (χ2n) is 7.35. The van der Waals surface area contributed by atoms with Crippen LogP contribution in [0.5, 0.6) is 11.5 Å². The lowest BCUT2D eigenvalue weighted by molar-refractivity contribution is 0.0970. The highest BCUT2D eigenvalue weighted by molar-refractivity contribution is 7.13. The van der Waals surface area contributed by atoms with Crippen molar-refractivity contribution in [1.82, 2.24) is 10.2 Å². The molecule has 1 amide bonds. The van der Waals surface area contributed by atoms with Crippen molar-refractivity contribution in [2.75, 3.05) is 18.1 Å². The van der Waals surface area contributed by atoms with E-state index in [1.54, 1.807) is 24.3 Å². The minimum Gasteiger partial charge on any atom is -0.490 e. The van der Waals surface area contributed by atoms with Crippen LogP contribution >= 0.6 is 11.3 Å². The number of anilines is 1. The summed E-state index contributed by atoms with van der Waals surface area (Å²) in [4.78, 5) is 28.3. The topological polar surface area (TPSA) is 94.8 Å². The highest BCUT2D eigenvalue weighted by atomic mass is 32.1. The third-order valence-electron chi connectivity index (χ3n) is 5.33. The largest absolute Gasteiger partial charge is 0.490 e. The first-order chi connectivity index (χ1) is 16.5. The van der Waals surface area contributed by atoms with Gasteiger partial charge in [-0.3, -0.25) is 14.5 Å². The second-order valence-corrected chi connectivity index (χ2v) is 8.16. The van der Waals surface area contributed by atoms with E-state index < -0.39 is 23.2 Å². The maximum absolute atomic E-state index is 13.9. The third kappa shape index (κ3) is 3.52. The zero-order valence-corrected chi connectivity index (χ0v) is 18.8. The summed E-state index contributed by atoms with van der Waals surface area (Å²) in [6, 6.07) is 7.87. The second kappa shape index (κ2) is 8.71. The van der Waals surface area contributed by atoms with Crippen molar-refractivity contribution in [3.8, 4) is 11.5 Å². The van der Waals surface area contributed by atoms with E-state index in [0.29, 0.717) is 28.8 Å². The predicted molar refractivity (Wildman–Crippen MR) is 124 cm³/mol. The standard InChI is InChI=1S/C24H18FN3O5S/c1-3-9-32-17-7-5-13(10-18(17)31-4-2)20-19-21(29)15-11-14(25)6-8-16(15)33-22(19)23(30)28(20)24-27-26-12-34-24/h3,5-8,10-12,20H,1,4,9H2,2H3. The maximum Gasteiger partial charge on any atom is 0.297 e. The Morgan fingerprint density at radius 2 is 2.06 bits per heavy atom. The molecular formula is C24H18FN3O5S. The molecule has 34 heavy (non-hydrogen) atoms. The van der Waals surface area contributed by atoms with E-state index in [9.17, 15) is 14.0 Å². The molecule has 172 valence electrons. The van der Waals surface area contributed by atoms with Gasteiger partial charge in [0.1, 0.15) is 23.5 Å². The zero-order valence-electron chi connectivity index (χ0n) is 18.0. The number of carbonyl (C=O) groups is 1. The van der Waals surface area contributed by atoms with Crippen LogP contribution in [0.15, 0.2) is 63.8 Å². The first kappa shape index (κ1) is 21.8. The molecule has 0 saturated heterocycles. The summed E-state index contributed by atoms with van der Waals surface area (Å²) < 4.78 is 31.2. The Bertz CT molecular complexity index is 1470. The number of fused-ring (bicyclic) bond motifs is 2. The van der Waals surface area contributed by atoms with Crippen LogP contribution in [0.2, 0.25) is 0 Å². The van der Waals surface area contributed by atoms with Crippen molar-refractivity contribution in [3.05, 3.63) is 87.5 Å². The van der Waals surface area contributed by atoms with Gasteiger partial charge in [-0.2, -0.15) is 0 Å². The smallest absolute Gasteiger partial charge is 0.297 e. The van der Waals surface area contributed by atoms with Crippen LogP contribution in [0.1, 0.15) is 34.6 Å². The number of benzene rings is 2. The number of halogens is 1. The van der Waals surface area contributed by atoms with Gasteiger partial charge in [-0.25, -0.2) is 4.39 Å². The van der Waals surface area contributed by atoms with Crippen molar-refractivity contribution in [2.45, 2.75) is 13.0 Å². The number of nitrogens with zero attached hydrogens (tertiary/aromatic N) is 3. The fourth-order valence-electron chi connectivity index (χ4n) is 3.96. The van der Waals surface area contributed by atoms with Gasteiger partial charge >= 0.3 is 0 Å². The van der Waals surface area contributed by atoms with Crippen molar-refractivity contribution >= 4 is 33.3 Å². The highest BCUT2D eigenvalue weighted by Crippen LogP contribution is 2.43. The minimum absolute atomic E-state index is 0.0478. The first-order valence-corrected chi connectivity index (χ1v) is 11.3. The van der Waals surface area contributed by atoms with E-state index in [2.05, 4.69) is 16.8 Å². The molecule has 1 aliphatic rings. The molecule has 4 aromatic rings. The van der Waals surface area contributed by atoms with Crippen LogP contribution in [-0.4, -0.2) is 29.3 Å². The summed E-state index contributed by atoms with van der Waals surface area (Å²) in [5.41, 5.74) is 1.78. The Kier molecular flexibility index (Phi) is 5.58. The van der Waals surface area contributed by atoms with E-state index in [4.69, 9.17) is 13.9 Å². The van der Waals surface area contributed by atoms with E-state index in [1.807, 2.05) is 6.92 Å².